The number of aryl methyl sites for hydroxylation is 4. The van der Waals surface area contributed by atoms with Gasteiger partial charge < -0.3 is 0 Å². The molecule has 0 aliphatic heterocycles. The highest BCUT2D eigenvalue weighted by Crippen LogP contribution is 2.27. The largest absolute Gasteiger partial charge is 0.0625 e. The van der Waals surface area contributed by atoms with Gasteiger partial charge in [-0.05, 0) is 50.7 Å². The summed E-state index contributed by atoms with van der Waals surface area (Å²) in [5.74, 6) is 2.04. The van der Waals surface area contributed by atoms with Gasteiger partial charge in [0.05, 0.1) is 0 Å². The van der Waals surface area contributed by atoms with E-state index in [1.165, 1.54) is 59.1 Å². The van der Waals surface area contributed by atoms with E-state index in [0.717, 1.165) is 11.8 Å². The van der Waals surface area contributed by atoms with Gasteiger partial charge in [0.25, 0.3) is 0 Å². The lowest BCUT2D eigenvalue weighted by Gasteiger charge is -2.22. The number of hydrogen-bond donors (Lipinski definition) is 0. The highest BCUT2D eigenvalue weighted by molar-refractivity contribution is 5.63. The maximum Gasteiger partial charge on any atom is -0.0184 e. The van der Waals surface area contributed by atoms with E-state index >= 15 is 0 Å². The van der Waals surface area contributed by atoms with Crippen LogP contribution < -0.4 is 0 Å². The fourth-order valence-corrected chi connectivity index (χ4v) is 3.56. The number of benzene rings is 3. The molecule has 0 amide bonds. The lowest BCUT2D eigenvalue weighted by Crippen LogP contribution is -2.08. The molecule has 160 valence electrons. The van der Waals surface area contributed by atoms with Crippen LogP contribution >= 0.6 is 0 Å². The summed E-state index contributed by atoms with van der Waals surface area (Å²) < 4.78 is 0. The molecular weight excluding hydrogens is 360 g/mol. The summed E-state index contributed by atoms with van der Waals surface area (Å²) in [5, 5.41) is 0. The van der Waals surface area contributed by atoms with Crippen LogP contribution in [0, 0.1) is 39.5 Å². The Balaban J connectivity index is 0.000000172. The molecule has 0 bridgehead atoms. The van der Waals surface area contributed by atoms with Crippen LogP contribution in [0.2, 0.25) is 0 Å². The van der Waals surface area contributed by atoms with E-state index in [1.807, 2.05) is 0 Å². The summed E-state index contributed by atoms with van der Waals surface area (Å²) in [6.07, 6.45) is 5.89. The van der Waals surface area contributed by atoms with Crippen LogP contribution in [-0.2, 0) is 0 Å². The van der Waals surface area contributed by atoms with Gasteiger partial charge in [-0.2, -0.15) is 0 Å². The predicted molar refractivity (Wildman–Crippen MR) is 134 cm³/mol. The molecule has 1 saturated carbocycles. The molecule has 3 aromatic carbocycles. The molecule has 1 aliphatic carbocycles. The summed E-state index contributed by atoms with van der Waals surface area (Å²) in [5.41, 5.74) is 7.85. The molecule has 0 radical (unpaired) electrons. The maximum atomic E-state index is 2.37. The van der Waals surface area contributed by atoms with Crippen LogP contribution in [0.15, 0.2) is 72.8 Å². The monoisotopic (exact) mass is 400 g/mol. The molecule has 3 aromatic rings. The van der Waals surface area contributed by atoms with Crippen molar-refractivity contribution in [3.8, 4) is 11.1 Å². The molecule has 30 heavy (non-hydrogen) atoms. The van der Waals surface area contributed by atoms with Crippen LogP contribution in [0.5, 0.6) is 0 Å². The Kier molecular flexibility index (Phi) is 9.87. The topological polar surface area (TPSA) is 0 Å². The van der Waals surface area contributed by atoms with Crippen LogP contribution in [0.3, 0.4) is 0 Å². The number of rotatable bonds is 1. The normalized spacial score (nSPS) is 17.8. The zero-order valence-electron chi connectivity index (χ0n) is 19.9. The van der Waals surface area contributed by atoms with E-state index in [4.69, 9.17) is 0 Å². The third kappa shape index (κ3) is 8.99. The van der Waals surface area contributed by atoms with Crippen molar-refractivity contribution in [2.75, 3.05) is 0 Å². The van der Waals surface area contributed by atoms with Gasteiger partial charge in [-0.3, -0.25) is 0 Å². The van der Waals surface area contributed by atoms with E-state index in [9.17, 15) is 0 Å². The zero-order valence-corrected chi connectivity index (χ0v) is 19.9. The summed E-state index contributed by atoms with van der Waals surface area (Å²) in [7, 11) is 0. The van der Waals surface area contributed by atoms with Crippen molar-refractivity contribution in [1.29, 1.82) is 0 Å². The van der Waals surface area contributed by atoms with E-state index in [2.05, 4.69) is 114 Å². The van der Waals surface area contributed by atoms with E-state index < -0.39 is 0 Å². The molecule has 4 rings (SSSR count). The summed E-state index contributed by atoms with van der Waals surface area (Å²) >= 11 is 0. The Bertz CT molecular complexity index is 756. The number of hydrogen-bond acceptors (Lipinski definition) is 0. The first kappa shape index (κ1) is 23.9. The second-order valence-electron chi connectivity index (χ2n) is 9.25. The summed E-state index contributed by atoms with van der Waals surface area (Å²) in [4.78, 5) is 0. The summed E-state index contributed by atoms with van der Waals surface area (Å²) in [6, 6.07) is 25.7. The second-order valence-corrected chi connectivity index (χ2v) is 9.25. The van der Waals surface area contributed by atoms with Gasteiger partial charge in [0.1, 0.15) is 0 Å². The van der Waals surface area contributed by atoms with Gasteiger partial charge in [0, 0.05) is 0 Å². The lowest BCUT2D eigenvalue weighted by atomic mass is 9.84. The van der Waals surface area contributed by atoms with Crippen molar-refractivity contribution in [2.45, 2.75) is 67.2 Å². The predicted octanol–water partition coefficient (Wildman–Crippen LogP) is 9.11. The van der Waals surface area contributed by atoms with Crippen molar-refractivity contribution in [3.05, 3.63) is 95.1 Å². The van der Waals surface area contributed by atoms with E-state index in [1.54, 1.807) is 0 Å². The van der Waals surface area contributed by atoms with Gasteiger partial charge in [-0.1, -0.05) is 135 Å². The average molecular weight is 401 g/mol. The van der Waals surface area contributed by atoms with Gasteiger partial charge in [0.15, 0.2) is 0 Å². The van der Waals surface area contributed by atoms with Gasteiger partial charge in [-0.15, -0.1) is 0 Å². The molecule has 0 saturated heterocycles. The Morgan fingerprint density at radius 1 is 0.400 bits per heavy atom. The van der Waals surface area contributed by atoms with Crippen LogP contribution in [-0.4, -0.2) is 0 Å². The molecule has 0 N–H and O–H groups in total. The molecule has 1 fully saturated rings. The molecule has 0 unspecified atom stereocenters. The fraction of sp³-hybridized carbons (Fsp3) is 0.400. The first-order valence-electron chi connectivity index (χ1n) is 11.5. The van der Waals surface area contributed by atoms with Crippen molar-refractivity contribution in [3.63, 3.8) is 0 Å². The zero-order chi connectivity index (χ0) is 21.9. The van der Waals surface area contributed by atoms with Crippen molar-refractivity contribution < 1.29 is 0 Å². The minimum Gasteiger partial charge on any atom is -0.0625 e. The van der Waals surface area contributed by atoms with Crippen molar-refractivity contribution in [1.82, 2.24) is 0 Å². The highest BCUT2D eigenvalue weighted by atomic mass is 14.2. The third-order valence-corrected chi connectivity index (χ3v) is 5.96. The van der Waals surface area contributed by atoms with Crippen molar-refractivity contribution in [2.24, 2.45) is 11.8 Å². The SMILES string of the molecule is CC1CCC(C)CC1.Cc1ccc(-c2ccc(C)cc2)cc1.Cc1ccc(C)cc1. The Labute approximate surface area is 185 Å². The van der Waals surface area contributed by atoms with Gasteiger partial charge in [-0.25, -0.2) is 0 Å². The van der Waals surface area contributed by atoms with Gasteiger partial charge in [0.2, 0.25) is 0 Å². The minimum atomic E-state index is 1.02. The standard InChI is InChI=1S/C14H14.C8H16.C8H10/c1-11-3-7-13(8-4-11)14-9-5-12(2)6-10-14;2*1-7-3-5-8(2)6-4-7/h3-10H,1-2H3;7-8H,3-6H2,1-2H3;3-6H,1-2H3. The van der Waals surface area contributed by atoms with Gasteiger partial charge >= 0.3 is 0 Å². The molecular formula is C30H40. The smallest absolute Gasteiger partial charge is 0.0184 e. The van der Waals surface area contributed by atoms with Crippen LogP contribution in [0.1, 0.15) is 61.8 Å². The highest BCUT2D eigenvalue weighted by Gasteiger charge is 2.13. The third-order valence-electron chi connectivity index (χ3n) is 5.96. The molecule has 0 atom stereocenters. The Morgan fingerprint density at radius 3 is 0.833 bits per heavy atom. The Morgan fingerprint density at radius 2 is 0.600 bits per heavy atom. The first-order valence-corrected chi connectivity index (χ1v) is 11.5. The van der Waals surface area contributed by atoms with E-state index in [0.29, 0.717) is 0 Å². The van der Waals surface area contributed by atoms with Crippen LogP contribution in [0.4, 0.5) is 0 Å². The molecule has 0 spiro atoms. The fourth-order valence-electron chi connectivity index (χ4n) is 3.56. The molecule has 1 aliphatic rings. The molecule has 0 heteroatoms. The molecule has 0 nitrogen and oxygen atoms in total. The Hall–Kier alpha value is -2.34. The van der Waals surface area contributed by atoms with E-state index in [-0.39, 0.29) is 0 Å². The van der Waals surface area contributed by atoms with Crippen LogP contribution in [0.25, 0.3) is 11.1 Å². The maximum absolute atomic E-state index is 2.37. The first-order chi connectivity index (χ1) is 14.3. The van der Waals surface area contributed by atoms with Crippen molar-refractivity contribution >= 4 is 0 Å². The second kappa shape index (κ2) is 12.4. The minimum absolute atomic E-state index is 1.02. The molecule has 0 heterocycles. The lowest BCUT2D eigenvalue weighted by molar-refractivity contribution is 0.308. The summed E-state index contributed by atoms with van der Waals surface area (Å²) in [6.45, 7) is 13.1. The molecule has 0 aromatic heterocycles. The average Bonchev–Trinajstić information content (AvgIpc) is 2.75. The quantitative estimate of drug-likeness (QED) is 0.382.